The Balaban J connectivity index is 2.54. The molecular formula is C15H21FN2O3. The highest BCUT2D eigenvalue weighted by Crippen LogP contribution is 2.21. The van der Waals surface area contributed by atoms with E-state index in [2.05, 4.69) is 5.32 Å². The number of nitrogens with zero attached hydrogens (tertiary/aromatic N) is 1. The summed E-state index contributed by atoms with van der Waals surface area (Å²) < 4.78 is 13.7. The van der Waals surface area contributed by atoms with Gasteiger partial charge in [-0.2, -0.15) is 0 Å². The third kappa shape index (κ3) is 4.73. The van der Waals surface area contributed by atoms with Gasteiger partial charge in [-0.3, -0.25) is 4.79 Å². The number of benzene rings is 1. The minimum atomic E-state index is -0.891. The number of nitrogens with one attached hydrogen (secondary N) is 1. The van der Waals surface area contributed by atoms with Gasteiger partial charge in [-0.05, 0) is 19.4 Å². The normalized spacial score (nSPS) is 13.3. The standard InChI is InChI=1S/C15H21FN2O3/c1-10(14(19)20)8-9-17-15(21)18(3)11(2)12-6-4-5-7-13(12)16/h4-7,10-11H,8-9H2,1-3H3,(H,17,21)(H,19,20). The van der Waals surface area contributed by atoms with Crippen molar-refractivity contribution < 1.29 is 19.1 Å². The summed E-state index contributed by atoms with van der Waals surface area (Å²) in [5.74, 6) is -1.76. The highest BCUT2D eigenvalue weighted by atomic mass is 19.1. The Kier molecular flexibility index (Phi) is 6.14. The monoisotopic (exact) mass is 296 g/mol. The Morgan fingerprint density at radius 2 is 1.95 bits per heavy atom. The second-order valence-corrected chi connectivity index (χ2v) is 5.07. The highest BCUT2D eigenvalue weighted by molar-refractivity contribution is 5.74. The van der Waals surface area contributed by atoms with Gasteiger partial charge in [0.1, 0.15) is 5.82 Å². The fourth-order valence-corrected chi connectivity index (χ4v) is 1.84. The maximum absolute atomic E-state index is 13.7. The van der Waals surface area contributed by atoms with Crippen LogP contribution in [0.15, 0.2) is 24.3 Å². The molecule has 0 aliphatic heterocycles. The molecule has 0 saturated heterocycles. The molecule has 1 aromatic rings. The Labute approximate surface area is 123 Å². The van der Waals surface area contributed by atoms with E-state index in [9.17, 15) is 14.0 Å². The summed E-state index contributed by atoms with van der Waals surface area (Å²) in [6, 6.07) is 5.53. The fourth-order valence-electron chi connectivity index (χ4n) is 1.84. The first kappa shape index (κ1) is 16.9. The van der Waals surface area contributed by atoms with Crippen LogP contribution in [-0.2, 0) is 4.79 Å². The summed E-state index contributed by atoms with van der Waals surface area (Å²) in [6.45, 7) is 3.58. The predicted octanol–water partition coefficient (Wildman–Crippen LogP) is 2.64. The number of rotatable bonds is 6. The summed E-state index contributed by atoms with van der Waals surface area (Å²) in [7, 11) is 1.58. The Bertz CT molecular complexity index is 507. The Morgan fingerprint density at radius 1 is 1.33 bits per heavy atom. The van der Waals surface area contributed by atoms with Gasteiger partial charge in [0, 0.05) is 19.2 Å². The predicted molar refractivity (Wildman–Crippen MR) is 77.4 cm³/mol. The molecule has 0 fully saturated rings. The highest BCUT2D eigenvalue weighted by Gasteiger charge is 2.20. The van der Waals surface area contributed by atoms with Gasteiger partial charge in [-0.15, -0.1) is 0 Å². The molecule has 0 spiro atoms. The lowest BCUT2D eigenvalue weighted by Gasteiger charge is -2.26. The average Bonchev–Trinajstić information content (AvgIpc) is 2.45. The van der Waals surface area contributed by atoms with Crippen LogP contribution in [0.5, 0.6) is 0 Å². The molecule has 2 N–H and O–H groups in total. The third-order valence-electron chi connectivity index (χ3n) is 3.53. The van der Waals surface area contributed by atoms with Crippen LogP contribution in [0.4, 0.5) is 9.18 Å². The number of halogens is 1. The molecule has 0 radical (unpaired) electrons. The van der Waals surface area contributed by atoms with Gasteiger partial charge in [-0.1, -0.05) is 25.1 Å². The van der Waals surface area contributed by atoms with E-state index >= 15 is 0 Å². The molecule has 0 heterocycles. The molecule has 0 saturated carbocycles. The molecule has 21 heavy (non-hydrogen) atoms. The maximum atomic E-state index is 13.7. The van der Waals surface area contributed by atoms with Crippen LogP contribution in [0.25, 0.3) is 0 Å². The molecule has 116 valence electrons. The van der Waals surface area contributed by atoms with Gasteiger partial charge in [-0.25, -0.2) is 9.18 Å². The number of amides is 2. The van der Waals surface area contributed by atoms with E-state index in [4.69, 9.17) is 5.11 Å². The minimum absolute atomic E-state index is 0.265. The van der Waals surface area contributed by atoms with Gasteiger partial charge in [0.05, 0.1) is 12.0 Å². The summed E-state index contributed by atoms with van der Waals surface area (Å²) in [5, 5.41) is 11.4. The lowest BCUT2D eigenvalue weighted by atomic mass is 10.1. The van der Waals surface area contributed by atoms with Gasteiger partial charge in [0.25, 0.3) is 0 Å². The van der Waals surface area contributed by atoms with Crippen LogP contribution in [0, 0.1) is 11.7 Å². The van der Waals surface area contributed by atoms with E-state index in [1.807, 2.05) is 0 Å². The molecule has 5 nitrogen and oxygen atoms in total. The number of hydrogen-bond donors (Lipinski definition) is 2. The summed E-state index contributed by atoms with van der Waals surface area (Å²) >= 11 is 0. The van der Waals surface area contributed by atoms with Gasteiger partial charge >= 0.3 is 12.0 Å². The number of carbonyl (C=O) groups excluding carboxylic acids is 1. The molecular weight excluding hydrogens is 275 g/mol. The lowest BCUT2D eigenvalue weighted by Crippen LogP contribution is -2.40. The van der Waals surface area contributed by atoms with E-state index < -0.39 is 17.9 Å². The maximum Gasteiger partial charge on any atom is 0.317 e. The number of carbonyl (C=O) groups is 2. The van der Waals surface area contributed by atoms with Crippen LogP contribution in [0.3, 0.4) is 0 Å². The molecule has 1 aromatic carbocycles. The SMILES string of the molecule is CC(CCNC(=O)N(C)C(C)c1ccccc1F)C(=O)O. The van der Waals surface area contributed by atoms with Crippen LogP contribution < -0.4 is 5.32 Å². The zero-order chi connectivity index (χ0) is 16.0. The summed E-state index contributed by atoms with van der Waals surface area (Å²) in [5.41, 5.74) is 0.439. The van der Waals surface area contributed by atoms with E-state index in [1.54, 1.807) is 39.1 Å². The van der Waals surface area contributed by atoms with E-state index in [0.717, 1.165) is 0 Å². The Morgan fingerprint density at radius 3 is 2.52 bits per heavy atom. The lowest BCUT2D eigenvalue weighted by molar-refractivity contribution is -0.141. The number of hydrogen-bond acceptors (Lipinski definition) is 2. The van der Waals surface area contributed by atoms with Gasteiger partial charge in [0.15, 0.2) is 0 Å². The molecule has 6 heteroatoms. The number of carboxylic acid groups (broad SMARTS) is 1. The van der Waals surface area contributed by atoms with Crippen LogP contribution in [0.2, 0.25) is 0 Å². The van der Waals surface area contributed by atoms with Gasteiger partial charge < -0.3 is 15.3 Å². The molecule has 2 amide bonds. The van der Waals surface area contributed by atoms with Crippen molar-refractivity contribution >= 4 is 12.0 Å². The quantitative estimate of drug-likeness (QED) is 0.848. The number of carboxylic acids is 1. The molecule has 2 unspecified atom stereocenters. The van der Waals surface area contributed by atoms with Crippen molar-refractivity contribution in [3.63, 3.8) is 0 Å². The van der Waals surface area contributed by atoms with E-state index in [1.165, 1.54) is 11.0 Å². The molecule has 0 aliphatic rings. The van der Waals surface area contributed by atoms with Crippen molar-refractivity contribution in [3.8, 4) is 0 Å². The van der Waals surface area contributed by atoms with Crippen molar-refractivity contribution in [1.29, 1.82) is 0 Å². The zero-order valence-electron chi connectivity index (χ0n) is 12.5. The van der Waals surface area contributed by atoms with Gasteiger partial charge in [0.2, 0.25) is 0 Å². The van der Waals surface area contributed by atoms with Crippen molar-refractivity contribution in [2.75, 3.05) is 13.6 Å². The second kappa shape index (κ2) is 7.61. The fraction of sp³-hybridized carbons (Fsp3) is 0.467. The number of urea groups is 1. The van der Waals surface area contributed by atoms with Crippen molar-refractivity contribution in [2.24, 2.45) is 5.92 Å². The topological polar surface area (TPSA) is 69.6 Å². The minimum Gasteiger partial charge on any atom is -0.481 e. The number of aliphatic carboxylic acids is 1. The summed E-state index contributed by atoms with van der Waals surface area (Å²) in [6.07, 6.45) is 0.350. The largest absolute Gasteiger partial charge is 0.481 e. The first-order valence-electron chi connectivity index (χ1n) is 6.82. The molecule has 1 rings (SSSR count). The Hall–Kier alpha value is -2.11. The molecule has 0 bridgehead atoms. The van der Waals surface area contributed by atoms with Crippen LogP contribution in [0.1, 0.15) is 31.9 Å². The first-order valence-corrected chi connectivity index (χ1v) is 6.82. The van der Waals surface area contributed by atoms with Crippen molar-refractivity contribution in [1.82, 2.24) is 10.2 Å². The first-order chi connectivity index (χ1) is 9.84. The second-order valence-electron chi connectivity index (χ2n) is 5.07. The van der Waals surface area contributed by atoms with Crippen molar-refractivity contribution in [3.05, 3.63) is 35.6 Å². The third-order valence-corrected chi connectivity index (χ3v) is 3.53. The zero-order valence-corrected chi connectivity index (χ0v) is 12.5. The molecule has 0 aromatic heterocycles. The summed E-state index contributed by atoms with van der Waals surface area (Å²) in [4.78, 5) is 24.0. The average molecular weight is 296 g/mol. The van der Waals surface area contributed by atoms with Crippen LogP contribution >= 0.6 is 0 Å². The van der Waals surface area contributed by atoms with E-state index in [-0.39, 0.29) is 18.4 Å². The molecule has 0 aliphatic carbocycles. The van der Waals surface area contributed by atoms with Crippen LogP contribution in [-0.4, -0.2) is 35.6 Å². The van der Waals surface area contributed by atoms with E-state index in [0.29, 0.717) is 12.0 Å². The molecule has 2 atom stereocenters. The smallest absolute Gasteiger partial charge is 0.317 e. The van der Waals surface area contributed by atoms with Crippen molar-refractivity contribution in [2.45, 2.75) is 26.3 Å².